The van der Waals surface area contributed by atoms with Gasteiger partial charge in [-0.3, -0.25) is 0 Å². The van der Waals surface area contributed by atoms with Crippen LogP contribution in [0, 0.1) is 5.92 Å². The molecule has 0 bridgehead atoms. The van der Waals surface area contributed by atoms with E-state index in [1.807, 2.05) is 6.07 Å². The number of fused-ring (bicyclic) bond motifs is 1. The van der Waals surface area contributed by atoms with Crippen LogP contribution in [0.5, 0.6) is 0 Å². The highest BCUT2D eigenvalue weighted by atomic mass is 32.2. The molecule has 0 radical (unpaired) electrons. The highest BCUT2D eigenvalue weighted by Gasteiger charge is 2.26. The third-order valence-corrected chi connectivity index (χ3v) is 6.40. The molecule has 0 amide bonds. The van der Waals surface area contributed by atoms with E-state index in [1.54, 1.807) is 11.2 Å². The molecule has 1 aromatic carbocycles. The second kappa shape index (κ2) is 5.81. The number of aromatic amines is 1. The minimum Gasteiger partial charge on any atom is -0.361 e. The summed E-state index contributed by atoms with van der Waals surface area (Å²) >= 11 is 0. The molecule has 1 fully saturated rings. The van der Waals surface area contributed by atoms with E-state index in [2.05, 4.69) is 29.4 Å². The molecule has 1 aliphatic heterocycles. The van der Waals surface area contributed by atoms with Crippen molar-refractivity contribution in [2.24, 2.45) is 5.92 Å². The lowest BCUT2D eigenvalue weighted by Crippen LogP contribution is -2.39. The lowest BCUT2D eigenvalue weighted by molar-refractivity contribution is 0.273. The number of nitrogens with zero attached hydrogens (tertiary/aromatic N) is 1. The molecule has 1 aromatic heterocycles. The molecule has 3 rings (SSSR count). The fourth-order valence-electron chi connectivity index (χ4n) is 3.19. The average Bonchev–Trinajstić information content (AvgIpc) is 2.91. The minimum atomic E-state index is -3.01. The Hall–Kier alpha value is -1.33. The summed E-state index contributed by atoms with van der Waals surface area (Å²) in [5.41, 5.74) is 2.53. The van der Waals surface area contributed by atoms with Gasteiger partial charge in [0.2, 0.25) is 10.0 Å². The van der Waals surface area contributed by atoms with Gasteiger partial charge >= 0.3 is 0 Å². The lowest BCUT2D eigenvalue weighted by Gasteiger charge is -2.30. The van der Waals surface area contributed by atoms with Crippen LogP contribution in [0.25, 0.3) is 10.9 Å². The van der Waals surface area contributed by atoms with Gasteiger partial charge in [-0.05, 0) is 43.7 Å². The SMILES string of the molecule is CCS(=O)(=O)N1CCC(Cc2c[nH]c3ccccc23)CC1. The zero-order valence-electron chi connectivity index (χ0n) is 12.4. The third kappa shape index (κ3) is 2.99. The quantitative estimate of drug-likeness (QED) is 0.944. The molecule has 1 saturated heterocycles. The van der Waals surface area contributed by atoms with Crippen LogP contribution in [-0.2, 0) is 16.4 Å². The second-order valence-corrected chi connectivity index (χ2v) is 8.06. The van der Waals surface area contributed by atoms with Crippen LogP contribution >= 0.6 is 0 Å². The standard InChI is InChI=1S/C16H22N2O2S/c1-2-21(19,20)18-9-7-13(8-10-18)11-14-12-17-16-6-4-3-5-15(14)16/h3-6,12-13,17H,2,7-11H2,1H3. The molecule has 114 valence electrons. The molecule has 2 heterocycles. The monoisotopic (exact) mass is 306 g/mol. The molecule has 21 heavy (non-hydrogen) atoms. The summed E-state index contributed by atoms with van der Waals surface area (Å²) in [5.74, 6) is 0.785. The van der Waals surface area contributed by atoms with Gasteiger partial charge in [-0.1, -0.05) is 18.2 Å². The van der Waals surface area contributed by atoms with Crippen molar-refractivity contribution < 1.29 is 8.42 Å². The van der Waals surface area contributed by atoms with Crippen molar-refractivity contribution in [3.8, 4) is 0 Å². The van der Waals surface area contributed by atoms with Crippen LogP contribution in [0.2, 0.25) is 0 Å². The van der Waals surface area contributed by atoms with Gasteiger partial charge < -0.3 is 4.98 Å². The molecule has 5 heteroatoms. The highest BCUT2D eigenvalue weighted by Crippen LogP contribution is 2.27. The molecule has 1 N–H and O–H groups in total. The first-order valence-corrected chi connectivity index (χ1v) is 9.24. The summed E-state index contributed by atoms with van der Waals surface area (Å²) in [6.07, 6.45) is 5.04. The van der Waals surface area contributed by atoms with E-state index in [-0.39, 0.29) is 5.75 Å². The summed E-state index contributed by atoms with van der Waals surface area (Å²) < 4.78 is 25.4. The van der Waals surface area contributed by atoms with Gasteiger partial charge in [-0.2, -0.15) is 0 Å². The van der Waals surface area contributed by atoms with E-state index >= 15 is 0 Å². The van der Waals surface area contributed by atoms with Crippen LogP contribution < -0.4 is 0 Å². The third-order valence-electron chi connectivity index (χ3n) is 4.52. The fraction of sp³-hybridized carbons (Fsp3) is 0.500. The zero-order chi connectivity index (χ0) is 14.9. The Bertz CT molecular complexity index is 713. The van der Waals surface area contributed by atoms with Gasteiger partial charge in [-0.15, -0.1) is 0 Å². The molecule has 0 unspecified atom stereocenters. The molecule has 1 aliphatic rings. The minimum absolute atomic E-state index is 0.208. The van der Waals surface area contributed by atoms with Crippen LogP contribution in [0.4, 0.5) is 0 Å². The Morgan fingerprint density at radius 1 is 1.24 bits per heavy atom. The van der Waals surface area contributed by atoms with E-state index in [0.717, 1.165) is 19.3 Å². The first-order valence-electron chi connectivity index (χ1n) is 7.63. The van der Waals surface area contributed by atoms with E-state index in [0.29, 0.717) is 19.0 Å². The predicted molar refractivity (Wildman–Crippen MR) is 85.8 cm³/mol. The first kappa shape index (κ1) is 14.6. The summed E-state index contributed by atoms with van der Waals surface area (Å²) in [5, 5.41) is 1.29. The summed E-state index contributed by atoms with van der Waals surface area (Å²) in [7, 11) is -3.01. The van der Waals surface area contributed by atoms with Crippen LogP contribution in [0.15, 0.2) is 30.5 Å². The summed E-state index contributed by atoms with van der Waals surface area (Å²) in [6, 6.07) is 8.35. The first-order chi connectivity index (χ1) is 10.1. The van der Waals surface area contributed by atoms with Crippen molar-refractivity contribution in [3.63, 3.8) is 0 Å². The normalized spacial score (nSPS) is 18.3. The van der Waals surface area contributed by atoms with E-state index in [1.165, 1.54) is 16.5 Å². The van der Waals surface area contributed by atoms with Gasteiger partial charge in [-0.25, -0.2) is 12.7 Å². The van der Waals surface area contributed by atoms with Gasteiger partial charge in [0.25, 0.3) is 0 Å². The van der Waals surface area contributed by atoms with Crippen molar-refractivity contribution in [1.29, 1.82) is 0 Å². The second-order valence-electron chi connectivity index (χ2n) is 5.81. The maximum absolute atomic E-state index is 11.9. The molecule has 2 aromatic rings. The number of hydrogen-bond donors (Lipinski definition) is 1. The lowest BCUT2D eigenvalue weighted by atomic mass is 9.91. The van der Waals surface area contributed by atoms with Crippen molar-refractivity contribution >= 4 is 20.9 Å². The highest BCUT2D eigenvalue weighted by molar-refractivity contribution is 7.89. The van der Waals surface area contributed by atoms with Crippen LogP contribution in [0.1, 0.15) is 25.3 Å². The number of benzene rings is 1. The summed E-state index contributed by atoms with van der Waals surface area (Å²) in [4.78, 5) is 3.31. The molecule has 0 spiro atoms. The molecular weight excluding hydrogens is 284 g/mol. The Morgan fingerprint density at radius 3 is 2.67 bits per heavy atom. The molecule has 0 atom stereocenters. The Balaban J connectivity index is 1.66. The average molecular weight is 306 g/mol. The van der Waals surface area contributed by atoms with Crippen LogP contribution in [0.3, 0.4) is 0 Å². The molecular formula is C16H22N2O2S. The van der Waals surface area contributed by atoms with Crippen LogP contribution in [-0.4, -0.2) is 36.5 Å². The van der Waals surface area contributed by atoms with Crippen molar-refractivity contribution in [3.05, 3.63) is 36.0 Å². The molecule has 0 saturated carbocycles. The van der Waals surface area contributed by atoms with Gasteiger partial charge in [0.1, 0.15) is 0 Å². The Morgan fingerprint density at radius 2 is 1.95 bits per heavy atom. The number of rotatable bonds is 4. The number of H-pyrrole nitrogens is 1. The largest absolute Gasteiger partial charge is 0.361 e. The Kier molecular flexibility index (Phi) is 4.04. The van der Waals surface area contributed by atoms with Crippen molar-refractivity contribution in [1.82, 2.24) is 9.29 Å². The number of sulfonamides is 1. The number of nitrogens with one attached hydrogen (secondary N) is 1. The number of hydrogen-bond acceptors (Lipinski definition) is 2. The predicted octanol–water partition coefficient (Wildman–Crippen LogP) is 2.77. The molecule has 4 nitrogen and oxygen atoms in total. The van der Waals surface area contributed by atoms with Crippen molar-refractivity contribution in [2.75, 3.05) is 18.8 Å². The smallest absolute Gasteiger partial charge is 0.213 e. The van der Waals surface area contributed by atoms with Gasteiger partial charge in [0.15, 0.2) is 0 Å². The van der Waals surface area contributed by atoms with E-state index in [9.17, 15) is 8.42 Å². The number of aromatic nitrogens is 1. The van der Waals surface area contributed by atoms with Gasteiger partial charge in [0, 0.05) is 30.2 Å². The summed E-state index contributed by atoms with van der Waals surface area (Å²) in [6.45, 7) is 3.06. The number of piperidine rings is 1. The van der Waals surface area contributed by atoms with Crippen molar-refractivity contribution in [2.45, 2.75) is 26.2 Å². The van der Waals surface area contributed by atoms with E-state index < -0.39 is 10.0 Å². The fourth-order valence-corrected chi connectivity index (χ4v) is 4.32. The topological polar surface area (TPSA) is 53.2 Å². The Labute approximate surface area is 126 Å². The maximum atomic E-state index is 11.9. The van der Waals surface area contributed by atoms with E-state index in [4.69, 9.17) is 0 Å². The molecule has 0 aliphatic carbocycles. The van der Waals surface area contributed by atoms with Gasteiger partial charge in [0.05, 0.1) is 5.75 Å². The number of para-hydroxylation sites is 1. The zero-order valence-corrected chi connectivity index (χ0v) is 13.2. The maximum Gasteiger partial charge on any atom is 0.213 e.